The van der Waals surface area contributed by atoms with Crippen molar-refractivity contribution in [3.8, 4) is 11.1 Å². The summed E-state index contributed by atoms with van der Waals surface area (Å²) in [6.07, 6.45) is 0. The Hall–Kier alpha value is -2.05. The minimum absolute atomic E-state index is 0.241. The molecule has 0 bridgehead atoms. The Balaban J connectivity index is 2.24. The molecule has 3 aromatic rings. The van der Waals surface area contributed by atoms with Crippen molar-refractivity contribution in [3.63, 3.8) is 0 Å². The average molecular weight is 316 g/mol. The van der Waals surface area contributed by atoms with Crippen LogP contribution in [0.2, 0.25) is 0 Å². The maximum atomic E-state index is 13.2. The molecule has 22 heavy (non-hydrogen) atoms. The summed E-state index contributed by atoms with van der Waals surface area (Å²) >= 11 is 1.62. The third-order valence-electron chi connectivity index (χ3n) is 3.41. The van der Waals surface area contributed by atoms with E-state index in [9.17, 15) is 4.39 Å². The number of thiophene rings is 1. The van der Waals surface area contributed by atoms with Crippen LogP contribution in [-0.2, 0) is 0 Å². The van der Waals surface area contributed by atoms with Crippen LogP contribution in [0.15, 0.2) is 24.3 Å². The Morgan fingerprint density at radius 2 is 1.91 bits per heavy atom. The molecule has 4 nitrogen and oxygen atoms in total. The number of anilines is 1. The van der Waals surface area contributed by atoms with E-state index in [-0.39, 0.29) is 5.82 Å². The van der Waals surface area contributed by atoms with Gasteiger partial charge in [0.05, 0.1) is 5.39 Å². The molecule has 0 amide bonds. The summed E-state index contributed by atoms with van der Waals surface area (Å²) < 4.78 is 13.2. The topological polar surface area (TPSA) is 63.8 Å². The third kappa shape index (κ3) is 2.67. The first-order valence-electron chi connectivity index (χ1n) is 7.07. The Kier molecular flexibility index (Phi) is 4.04. The van der Waals surface area contributed by atoms with Crippen molar-refractivity contribution >= 4 is 27.4 Å². The van der Waals surface area contributed by atoms with Crippen LogP contribution in [0.25, 0.3) is 21.3 Å². The van der Waals surface area contributed by atoms with Crippen molar-refractivity contribution in [2.45, 2.75) is 13.8 Å². The van der Waals surface area contributed by atoms with E-state index in [0.29, 0.717) is 13.1 Å². The molecule has 2 aromatic heterocycles. The van der Waals surface area contributed by atoms with Crippen LogP contribution < -0.4 is 11.1 Å². The second-order valence-electron chi connectivity index (χ2n) is 5.06. The zero-order valence-corrected chi connectivity index (χ0v) is 13.3. The minimum Gasteiger partial charge on any atom is -0.368 e. The number of benzene rings is 1. The number of aryl methyl sites for hydroxylation is 2. The molecule has 3 N–H and O–H groups in total. The van der Waals surface area contributed by atoms with Gasteiger partial charge in [0.1, 0.15) is 22.3 Å². The first-order valence-corrected chi connectivity index (χ1v) is 7.89. The highest BCUT2D eigenvalue weighted by atomic mass is 32.1. The third-order valence-corrected chi connectivity index (χ3v) is 4.41. The van der Waals surface area contributed by atoms with Crippen molar-refractivity contribution in [3.05, 3.63) is 40.8 Å². The summed E-state index contributed by atoms with van der Waals surface area (Å²) in [6, 6.07) is 6.52. The number of hydrogen-bond donors (Lipinski definition) is 2. The van der Waals surface area contributed by atoms with Crippen molar-refractivity contribution in [2.24, 2.45) is 5.73 Å². The maximum Gasteiger partial charge on any atom is 0.139 e. The van der Waals surface area contributed by atoms with Gasteiger partial charge in [-0.15, -0.1) is 11.3 Å². The first kappa shape index (κ1) is 14.9. The molecule has 0 saturated carbocycles. The second kappa shape index (κ2) is 5.98. The Morgan fingerprint density at radius 3 is 2.59 bits per heavy atom. The molecule has 0 spiro atoms. The number of hydrogen-bond acceptors (Lipinski definition) is 5. The van der Waals surface area contributed by atoms with Crippen LogP contribution in [-0.4, -0.2) is 23.1 Å². The molecule has 0 saturated heterocycles. The number of rotatable bonds is 4. The molecule has 0 unspecified atom stereocenters. The van der Waals surface area contributed by atoms with Gasteiger partial charge in [0.2, 0.25) is 0 Å². The van der Waals surface area contributed by atoms with Gasteiger partial charge < -0.3 is 11.1 Å². The number of nitrogens with one attached hydrogen (secondary N) is 1. The molecule has 114 valence electrons. The lowest BCUT2D eigenvalue weighted by molar-refractivity contribution is 0.628. The van der Waals surface area contributed by atoms with E-state index in [4.69, 9.17) is 5.73 Å². The summed E-state index contributed by atoms with van der Waals surface area (Å²) in [5.74, 6) is 1.27. The summed E-state index contributed by atoms with van der Waals surface area (Å²) in [6.45, 7) is 5.09. The summed E-state index contributed by atoms with van der Waals surface area (Å²) in [7, 11) is 0. The van der Waals surface area contributed by atoms with Gasteiger partial charge in [-0.1, -0.05) is 12.1 Å². The van der Waals surface area contributed by atoms with E-state index in [1.54, 1.807) is 23.5 Å². The van der Waals surface area contributed by atoms with E-state index in [1.807, 2.05) is 13.8 Å². The van der Waals surface area contributed by atoms with Gasteiger partial charge in [0.25, 0.3) is 0 Å². The Labute approximate surface area is 132 Å². The number of nitrogens with zero attached hydrogens (tertiary/aromatic N) is 2. The lowest BCUT2D eigenvalue weighted by Gasteiger charge is -2.09. The molecule has 2 heterocycles. The molecular weight excluding hydrogens is 299 g/mol. The predicted molar refractivity (Wildman–Crippen MR) is 89.8 cm³/mol. The van der Waals surface area contributed by atoms with Gasteiger partial charge in [0, 0.05) is 23.5 Å². The van der Waals surface area contributed by atoms with E-state index in [0.717, 1.165) is 37.9 Å². The summed E-state index contributed by atoms with van der Waals surface area (Å²) in [4.78, 5) is 11.1. The van der Waals surface area contributed by atoms with Gasteiger partial charge >= 0.3 is 0 Å². The molecule has 0 aliphatic rings. The normalized spacial score (nSPS) is 11.1. The molecular formula is C16H17FN4S. The minimum atomic E-state index is -0.241. The van der Waals surface area contributed by atoms with E-state index >= 15 is 0 Å². The zero-order chi connectivity index (χ0) is 15.7. The largest absolute Gasteiger partial charge is 0.368 e. The highest BCUT2D eigenvalue weighted by Gasteiger charge is 2.17. The number of nitrogens with two attached hydrogens (primary N) is 1. The van der Waals surface area contributed by atoms with Crippen molar-refractivity contribution in [1.82, 2.24) is 9.97 Å². The first-order chi connectivity index (χ1) is 10.6. The smallest absolute Gasteiger partial charge is 0.139 e. The van der Waals surface area contributed by atoms with Crippen LogP contribution in [0.5, 0.6) is 0 Å². The SMILES string of the molecule is Cc1nc(NCCN)c2c(-c3ccc(F)cc3)c(C)sc2n1. The number of halogens is 1. The van der Waals surface area contributed by atoms with Gasteiger partial charge in [-0.05, 0) is 31.5 Å². The van der Waals surface area contributed by atoms with E-state index in [1.165, 1.54) is 12.1 Å². The highest BCUT2D eigenvalue weighted by molar-refractivity contribution is 7.19. The standard InChI is InChI=1S/C16H17FN4S/c1-9-13(11-3-5-12(17)6-4-11)14-15(19-8-7-18)20-10(2)21-16(14)22-9/h3-6H,7-8,18H2,1-2H3,(H,19,20,21). The zero-order valence-electron chi connectivity index (χ0n) is 12.5. The molecule has 0 radical (unpaired) electrons. The Morgan fingerprint density at radius 1 is 1.18 bits per heavy atom. The van der Waals surface area contributed by atoms with Gasteiger partial charge in [-0.3, -0.25) is 0 Å². The van der Waals surface area contributed by atoms with E-state index < -0.39 is 0 Å². The fourth-order valence-corrected chi connectivity index (χ4v) is 3.59. The monoisotopic (exact) mass is 316 g/mol. The lowest BCUT2D eigenvalue weighted by Crippen LogP contribution is -2.14. The van der Waals surface area contributed by atoms with Crippen LogP contribution >= 0.6 is 11.3 Å². The van der Waals surface area contributed by atoms with Crippen molar-refractivity contribution in [1.29, 1.82) is 0 Å². The molecule has 3 rings (SSSR count). The van der Waals surface area contributed by atoms with Crippen molar-refractivity contribution in [2.75, 3.05) is 18.4 Å². The molecule has 0 fully saturated rings. The van der Waals surface area contributed by atoms with Crippen molar-refractivity contribution < 1.29 is 4.39 Å². The lowest BCUT2D eigenvalue weighted by atomic mass is 10.0. The molecule has 1 aromatic carbocycles. The Bertz CT molecular complexity index is 811. The average Bonchev–Trinajstić information content (AvgIpc) is 2.81. The molecule has 0 aliphatic carbocycles. The number of aromatic nitrogens is 2. The van der Waals surface area contributed by atoms with E-state index in [2.05, 4.69) is 15.3 Å². The van der Waals surface area contributed by atoms with Crippen LogP contribution in [0.4, 0.5) is 10.2 Å². The fourth-order valence-electron chi connectivity index (χ4n) is 2.50. The quantitative estimate of drug-likeness (QED) is 0.773. The highest BCUT2D eigenvalue weighted by Crippen LogP contribution is 2.40. The molecule has 0 atom stereocenters. The second-order valence-corrected chi connectivity index (χ2v) is 6.26. The summed E-state index contributed by atoms with van der Waals surface area (Å²) in [5.41, 5.74) is 7.61. The van der Waals surface area contributed by atoms with Crippen LogP contribution in [0, 0.1) is 19.7 Å². The maximum absolute atomic E-state index is 13.2. The predicted octanol–water partition coefficient (Wildman–Crippen LogP) is 3.48. The fraction of sp³-hybridized carbons (Fsp3) is 0.250. The van der Waals surface area contributed by atoms with Gasteiger partial charge in [-0.25, -0.2) is 14.4 Å². The van der Waals surface area contributed by atoms with Crippen LogP contribution in [0.1, 0.15) is 10.7 Å². The summed E-state index contributed by atoms with van der Waals surface area (Å²) in [5, 5.41) is 4.25. The van der Waals surface area contributed by atoms with Crippen LogP contribution in [0.3, 0.4) is 0 Å². The molecule has 0 aliphatic heterocycles. The molecule has 6 heteroatoms. The van der Waals surface area contributed by atoms with Gasteiger partial charge in [0.15, 0.2) is 0 Å². The number of fused-ring (bicyclic) bond motifs is 1. The van der Waals surface area contributed by atoms with Gasteiger partial charge in [-0.2, -0.15) is 0 Å².